The molecular weight excluding hydrogens is 222 g/mol. The van der Waals surface area contributed by atoms with Gasteiger partial charge in [0.15, 0.2) is 0 Å². The lowest BCUT2D eigenvalue weighted by atomic mass is 10.2. The Labute approximate surface area is 98.2 Å². The Morgan fingerprint density at radius 3 is 3.06 bits per heavy atom. The lowest BCUT2D eigenvalue weighted by Crippen LogP contribution is -2.19. The lowest BCUT2D eigenvalue weighted by Gasteiger charge is -2.14. The summed E-state index contributed by atoms with van der Waals surface area (Å²) in [5.41, 5.74) is 0.534. The monoisotopic (exact) mass is 237 g/mol. The van der Waals surface area contributed by atoms with Gasteiger partial charge in [0.05, 0.1) is 5.56 Å². The van der Waals surface area contributed by atoms with Gasteiger partial charge < -0.3 is 5.32 Å². The molecule has 0 spiro atoms. The Morgan fingerprint density at radius 1 is 1.69 bits per heavy atom. The van der Waals surface area contributed by atoms with E-state index in [1.165, 1.54) is 0 Å². The fourth-order valence-electron chi connectivity index (χ4n) is 1.26. The predicted octanol–water partition coefficient (Wildman–Crippen LogP) is 1.52. The van der Waals surface area contributed by atoms with E-state index in [0.717, 1.165) is 6.42 Å². The van der Waals surface area contributed by atoms with Gasteiger partial charge in [0.2, 0.25) is 0 Å². The van der Waals surface area contributed by atoms with E-state index in [-0.39, 0.29) is 6.04 Å². The van der Waals surface area contributed by atoms with Gasteiger partial charge in [-0.1, -0.05) is 0 Å². The van der Waals surface area contributed by atoms with Crippen LogP contribution in [-0.4, -0.2) is 27.2 Å². The Morgan fingerprint density at radius 2 is 2.44 bits per heavy atom. The zero-order chi connectivity index (χ0) is 12.0. The van der Waals surface area contributed by atoms with Gasteiger partial charge in [-0.05, 0) is 25.5 Å². The number of aromatic nitrogens is 1. The Bertz CT molecular complexity index is 414. The van der Waals surface area contributed by atoms with Crippen LogP contribution in [0.3, 0.4) is 0 Å². The molecule has 0 amide bonds. The minimum Gasteiger partial charge on any atom is -0.366 e. The van der Waals surface area contributed by atoms with Crippen molar-refractivity contribution in [1.82, 2.24) is 4.98 Å². The molecule has 0 aliphatic rings. The highest BCUT2D eigenvalue weighted by Gasteiger charge is 2.07. The summed E-state index contributed by atoms with van der Waals surface area (Å²) in [6.45, 7) is 1.99. The molecule has 16 heavy (non-hydrogen) atoms. The molecule has 1 aromatic heterocycles. The maximum Gasteiger partial charge on any atom is 0.144 e. The first-order valence-corrected chi connectivity index (χ1v) is 6.78. The average Bonchev–Trinajstić information content (AvgIpc) is 2.27. The van der Waals surface area contributed by atoms with Crippen LogP contribution in [0, 0.1) is 11.3 Å². The molecule has 0 saturated carbocycles. The number of nitrogens with zero attached hydrogens (tertiary/aromatic N) is 2. The summed E-state index contributed by atoms with van der Waals surface area (Å²) >= 11 is 0. The fraction of sp³-hybridized carbons (Fsp3) is 0.455. The second kappa shape index (κ2) is 6.23. The van der Waals surface area contributed by atoms with E-state index < -0.39 is 10.8 Å². The third-order valence-corrected chi connectivity index (χ3v) is 2.96. The zero-order valence-electron chi connectivity index (χ0n) is 9.43. The average molecular weight is 237 g/mol. The van der Waals surface area contributed by atoms with Crippen LogP contribution in [0.25, 0.3) is 0 Å². The largest absolute Gasteiger partial charge is 0.366 e. The van der Waals surface area contributed by atoms with E-state index >= 15 is 0 Å². The number of rotatable bonds is 5. The molecule has 5 heteroatoms. The zero-order valence-corrected chi connectivity index (χ0v) is 10.3. The van der Waals surface area contributed by atoms with E-state index in [1.807, 2.05) is 6.92 Å². The van der Waals surface area contributed by atoms with Crippen molar-refractivity contribution in [1.29, 1.82) is 5.26 Å². The van der Waals surface area contributed by atoms with E-state index in [2.05, 4.69) is 16.4 Å². The quantitative estimate of drug-likeness (QED) is 0.843. The molecule has 1 rings (SSSR count). The molecule has 2 unspecified atom stereocenters. The summed E-state index contributed by atoms with van der Waals surface area (Å²) in [5, 5.41) is 12.0. The Kier molecular flexibility index (Phi) is 4.93. The minimum atomic E-state index is -0.777. The number of hydrogen-bond acceptors (Lipinski definition) is 4. The molecule has 1 N–H and O–H groups in total. The van der Waals surface area contributed by atoms with Crippen LogP contribution in [0.15, 0.2) is 18.3 Å². The van der Waals surface area contributed by atoms with Gasteiger partial charge in [0.1, 0.15) is 11.9 Å². The second-order valence-electron chi connectivity index (χ2n) is 3.62. The molecule has 0 fully saturated rings. The van der Waals surface area contributed by atoms with Crippen LogP contribution in [0.4, 0.5) is 5.82 Å². The standard InChI is InChI=1S/C11H15N3OS/c1-9(5-7-16(2)15)14-11-10(8-12)4-3-6-13-11/h3-4,6,9H,5,7H2,1-2H3,(H,13,14). The maximum atomic E-state index is 10.9. The molecule has 0 aromatic carbocycles. The molecule has 4 nitrogen and oxygen atoms in total. The minimum absolute atomic E-state index is 0.158. The normalized spacial score (nSPS) is 13.8. The summed E-state index contributed by atoms with van der Waals surface area (Å²) < 4.78 is 10.9. The van der Waals surface area contributed by atoms with Gasteiger partial charge in [-0.15, -0.1) is 0 Å². The number of nitrogens with one attached hydrogen (secondary N) is 1. The molecule has 0 bridgehead atoms. The molecule has 1 heterocycles. The SMILES string of the molecule is CC(CCS(C)=O)Nc1ncccc1C#N. The van der Waals surface area contributed by atoms with Gasteiger partial charge in [-0.3, -0.25) is 4.21 Å². The van der Waals surface area contributed by atoms with Crippen molar-refractivity contribution in [3.05, 3.63) is 23.9 Å². The highest BCUT2D eigenvalue weighted by atomic mass is 32.2. The van der Waals surface area contributed by atoms with E-state index in [4.69, 9.17) is 5.26 Å². The van der Waals surface area contributed by atoms with Crippen molar-refractivity contribution >= 4 is 16.6 Å². The van der Waals surface area contributed by atoms with E-state index in [1.54, 1.807) is 24.6 Å². The number of nitriles is 1. The molecule has 0 radical (unpaired) electrons. The smallest absolute Gasteiger partial charge is 0.144 e. The Balaban J connectivity index is 2.59. The molecule has 86 valence electrons. The first-order chi connectivity index (χ1) is 7.63. The van der Waals surface area contributed by atoms with Crippen LogP contribution in [0.5, 0.6) is 0 Å². The van der Waals surface area contributed by atoms with Gasteiger partial charge in [-0.2, -0.15) is 5.26 Å². The summed E-state index contributed by atoms with van der Waals surface area (Å²) in [5.74, 6) is 1.25. The van der Waals surface area contributed by atoms with Gasteiger partial charge in [0.25, 0.3) is 0 Å². The van der Waals surface area contributed by atoms with Gasteiger partial charge >= 0.3 is 0 Å². The van der Waals surface area contributed by atoms with Crippen molar-refractivity contribution in [3.63, 3.8) is 0 Å². The van der Waals surface area contributed by atoms with Crippen LogP contribution in [0.2, 0.25) is 0 Å². The number of anilines is 1. The second-order valence-corrected chi connectivity index (χ2v) is 5.18. The van der Waals surface area contributed by atoms with Crippen molar-refractivity contribution < 1.29 is 4.21 Å². The topological polar surface area (TPSA) is 65.8 Å². The third kappa shape index (κ3) is 3.99. The first kappa shape index (κ1) is 12.7. The van der Waals surface area contributed by atoms with Crippen LogP contribution in [0.1, 0.15) is 18.9 Å². The highest BCUT2D eigenvalue weighted by Crippen LogP contribution is 2.12. The van der Waals surface area contributed by atoms with E-state index in [0.29, 0.717) is 17.1 Å². The van der Waals surface area contributed by atoms with Crippen molar-refractivity contribution in [2.75, 3.05) is 17.3 Å². The lowest BCUT2D eigenvalue weighted by molar-refractivity contribution is 0.678. The van der Waals surface area contributed by atoms with Gasteiger partial charge in [-0.25, -0.2) is 4.98 Å². The van der Waals surface area contributed by atoms with Crippen LogP contribution in [-0.2, 0) is 10.8 Å². The summed E-state index contributed by atoms with van der Waals surface area (Å²) in [6.07, 6.45) is 4.13. The predicted molar refractivity (Wildman–Crippen MR) is 65.6 cm³/mol. The van der Waals surface area contributed by atoms with Crippen LogP contribution < -0.4 is 5.32 Å². The van der Waals surface area contributed by atoms with Crippen molar-refractivity contribution in [2.24, 2.45) is 0 Å². The molecule has 1 aromatic rings. The van der Waals surface area contributed by atoms with E-state index in [9.17, 15) is 4.21 Å². The molecular formula is C11H15N3OS. The van der Waals surface area contributed by atoms with Crippen LogP contribution >= 0.6 is 0 Å². The number of pyridine rings is 1. The first-order valence-electron chi connectivity index (χ1n) is 5.05. The fourth-order valence-corrected chi connectivity index (χ4v) is 1.94. The molecule has 2 atom stereocenters. The van der Waals surface area contributed by atoms with Crippen molar-refractivity contribution in [3.8, 4) is 6.07 Å². The number of hydrogen-bond donors (Lipinski definition) is 1. The summed E-state index contributed by atoms with van der Waals surface area (Å²) in [4.78, 5) is 4.11. The Hall–Kier alpha value is -1.41. The van der Waals surface area contributed by atoms with Crippen molar-refractivity contribution in [2.45, 2.75) is 19.4 Å². The molecule has 0 aliphatic heterocycles. The summed E-state index contributed by atoms with van der Waals surface area (Å²) in [7, 11) is -0.777. The summed E-state index contributed by atoms with van der Waals surface area (Å²) in [6, 6.07) is 5.69. The van der Waals surface area contributed by atoms with Gasteiger partial charge in [0, 0.05) is 35.0 Å². The molecule has 0 saturated heterocycles. The third-order valence-electron chi connectivity index (χ3n) is 2.15. The highest BCUT2D eigenvalue weighted by molar-refractivity contribution is 7.84. The molecule has 0 aliphatic carbocycles. The maximum absolute atomic E-state index is 10.9.